The number of benzene rings is 2. The molecule has 0 amide bonds. The van der Waals surface area contributed by atoms with Gasteiger partial charge in [-0.15, -0.1) is 0 Å². The number of carboxylic acid groups (broad SMARTS) is 1. The summed E-state index contributed by atoms with van der Waals surface area (Å²) in [4.78, 5) is 11.1. The molecule has 0 radical (unpaired) electrons. The SMILES string of the molecule is CCOc1cc(C(=O)O)cc(Cl)c1OCCOc1ccccc1OC. The highest BCUT2D eigenvalue weighted by molar-refractivity contribution is 6.32. The van der Waals surface area contributed by atoms with Gasteiger partial charge in [0.25, 0.3) is 0 Å². The van der Waals surface area contributed by atoms with Gasteiger partial charge in [-0.05, 0) is 31.2 Å². The van der Waals surface area contributed by atoms with Gasteiger partial charge in [0.2, 0.25) is 0 Å². The van der Waals surface area contributed by atoms with Gasteiger partial charge in [0, 0.05) is 0 Å². The van der Waals surface area contributed by atoms with Crippen molar-refractivity contribution in [1.82, 2.24) is 0 Å². The van der Waals surface area contributed by atoms with E-state index in [1.807, 2.05) is 12.1 Å². The Balaban J connectivity index is 2.03. The summed E-state index contributed by atoms with van der Waals surface area (Å²) in [5.41, 5.74) is 0.0334. The Bertz CT molecular complexity index is 732. The van der Waals surface area contributed by atoms with Crippen LogP contribution in [-0.2, 0) is 0 Å². The van der Waals surface area contributed by atoms with Crippen molar-refractivity contribution in [1.29, 1.82) is 0 Å². The summed E-state index contributed by atoms with van der Waals surface area (Å²) >= 11 is 6.13. The van der Waals surface area contributed by atoms with Gasteiger partial charge in [-0.3, -0.25) is 0 Å². The van der Waals surface area contributed by atoms with Crippen LogP contribution in [0.2, 0.25) is 5.02 Å². The van der Waals surface area contributed by atoms with Gasteiger partial charge in [0.05, 0.1) is 24.3 Å². The fourth-order valence-corrected chi connectivity index (χ4v) is 2.39. The van der Waals surface area contributed by atoms with Crippen molar-refractivity contribution < 1.29 is 28.8 Å². The molecule has 0 aliphatic carbocycles. The molecule has 2 aromatic carbocycles. The van der Waals surface area contributed by atoms with Crippen molar-refractivity contribution in [3.63, 3.8) is 0 Å². The van der Waals surface area contributed by atoms with E-state index in [-0.39, 0.29) is 35.3 Å². The van der Waals surface area contributed by atoms with E-state index in [1.54, 1.807) is 26.2 Å². The third-order valence-electron chi connectivity index (χ3n) is 3.21. The minimum absolute atomic E-state index is 0.0334. The van der Waals surface area contributed by atoms with Gasteiger partial charge in [-0.2, -0.15) is 0 Å². The van der Waals surface area contributed by atoms with Crippen LogP contribution in [0.5, 0.6) is 23.0 Å². The van der Waals surface area contributed by atoms with Crippen molar-refractivity contribution in [2.45, 2.75) is 6.92 Å². The average Bonchev–Trinajstić information content (AvgIpc) is 2.60. The molecule has 0 saturated carbocycles. The number of para-hydroxylation sites is 2. The summed E-state index contributed by atoms with van der Waals surface area (Å²) in [5, 5.41) is 9.26. The molecular formula is C18H19ClO6. The van der Waals surface area contributed by atoms with E-state index in [0.29, 0.717) is 18.1 Å². The van der Waals surface area contributed by atoms with Crippen LogP contribution in [0.4, 0.5) is 0 Å². The van der Waals surface area contributed by atoms with Crippen LogP contribution >= 0.6 is 11.6 Å². The summed E-state index contributed by atoms with van der Waals surface area (Å²) in [5.74, 6) is 0.711. The Morgan fingerprint density at radius 1 is 1.04 bits per heavy atom. The molecule has 134 valence electrons. The first-order chi connectivity index (χ1) is 12.1. The van der Waals surface area contributed by atoms with Gasteiger partial charge >= 0.3 is 5.97 Å². The average molecular weight is 367 g/mol. The first-order valence-electron chi connectivity index (χ1n) is 7.65. The second-order valence-electron chi connectivity index (χ2n) is 4.87. The first-order valence-corrected chi connectivity index (χ1v) is 8.02. The Hall–Kier alpha value is -2.60. The molecule has 2 rings (SSSR count). The number of rotatable bonds is 9. The number of hydrogen-bond acceptors (Lipinski definition) is 5. The highest BCUT2D eigenvalue weighted by atomic mass is 35.5. The topological polar surface area (TPSA) is 74.2 Å². The van der Waals surface area contributed by atoms with Gasteiger partial charge in [0.1, 0.15) is 13.2 Å². The summed E-state index contributed by atoms with van der Waals surface area (Å²) in [6, 6.07) is 9.98. The molecule has 0 aliphatic heterocycles. The first kappa shape index (κ1) is 18.7. The molecule has 2 aromatic rings. The van der Waals surface area contributed by atoms with Gasteiger partial charge < -0.3 is 24.1 Å². The van der Waals surface area contributed by atoms with Crippen LogP contribution in [0.15, 0.2) is 36.4 Å². The number of carboxylic acids is 1. The predicted molar refractivity (Wildman–Crippen MR) is 93.6 cm³/mol. The molecule has 1 N–H and O–H groups in total. The van der Waals surface area contributed by atoms with E-state index >= 15 is 0 Å². The lowest BCUT2D eigenvalue weighted by atomic mass is 10.2. The third-order valence-corrected chi connectivity index (χ3v) is 3.49. The van der Waals surface area contributed by atoms with Crippen molar-refractivity contribution in [2.24, 2.45) is 0 Å². The van der Waals surface area contributed by atoms with E-state index in [2.05, 4.69) is 0 Å². The normalized spacial score (nSPS) is 10.2. The van der Waals surface area contributed by atoms with Crippen molar-refractivity contribution in [3.05, 3.63) is 47.0 Å². The number of halogens is 1. The molecule has 0 unspecified atom stereocenters. The molecule has 0 heterocycles. The third kappa shape index (κ3) is 4.93. The Morgan fingerprint density at radius 2 is 1.72 bits per heavy atom. The van der Waals surface area contributed by atoms with E-state index in [9.17, 15) is 4.79 Å². The van der Waals surface area contributed by atoms with Crippen molar-refractivity contribution in [2.75, 3.05) is 26.9 Å². The Morgan fingerprint density at radius 3 is 2.36 bits per heavy atom. The minimum atomic E-state index is -1.09. The molecule has 7 heteroatoms. The summed E-state index contributed by atoms with van der Waals surface area (Å²) in [6.07, 6.45) is 0. The number of methoxy groups -OCH3 is 1. The number of ether oxygens (including phenoxy) is 4. The zero-order valence-corrected chi connectivity index (χ0v) is 14.7. The largest absolute Gasteiger partial charge is 0.493 e. The van der Waals surface area contributed by atoms with E-state index in [0.717, 1.165) is 0 Å². The quantitative estimate of drug-likeness (QED) is 0.678. The molecule has 0 aromatic heterocycles. The number of carbonyl (C=O) groups is 1. The maximum absolute atomic E-state index is 11.1. The molecular weight excluding hydrogens is 348 g/mol. The number of hydrogen-bond donors (Lipinski definition) is 1. The van der Waals surface area contributed by atoms with Crippen LogP contribution in [0.1, 0.15) is 17.3 Å². The predicted octanol–water partition coefficient (Wildman–Crippen LogP) is 3.90. The molecule has 0 saturated heterocycles. The van der Waals surface area contributed by atoms with E-state index < -0.39 is 5.97 Å². The lowest BCUT2D eigenvalue weighted by Crippen LogP contribution is -2.11. The molecule has 25 heavy (non-hydrogen) atoms. The highest BCUT2D eigenvalue weighted by Crippen LogP contribution is 2.36. The minimum Gasteiger partial charge on any atom is -0.493 e. The lowest BCUT2D eigenvalue weighted by Gasteiger charge is -2.15. The fraction of sp³-hybridized carbons (Fsp3) is 0.278. The van der Waals surface area contributed by atoms with Gasteiger partial charge in [-0.1, -0.05) is 23.7 Å². The monoisotopic (exact) mass is 366 g/mol. The standard InChI is InChI=1S/C18H19ClO6/c1-3-23-16-11-12(18(20)21)10-13(19)17(16)25-9-8-24-15-7-5-4-6-14(15)22-2/h4-7,10-11H,3,8-9H2,1-2H3,(H,20,21). The lowest BCUT2D eigenvalue weighted by molar-refractivity contribution is 0.0696. The Kier molecular flexibility index (Phi) is 6.77. The number of aromatic carboxylic acids is 1. The van der Waals surface area contributed by atoms with Crippen LogP contribution in [0.25, 0.3) is 0 Å². The maximum Gasteiger partial charge on any atom is 0.335 e. The molecule has 0 atom stereocenters. The van der Waals surface area contributed by atoms with Crippen molar-refractivity contribution in [3.8, 4) is 23.0 Å². The Labute approximate surface area is 150 Å². The highest BCUT2D eigenvalue weighted by Gasteiger charge is 2.16. The smallest absolute Gasteiger partial charge is 0.335 e. The molecule has 0 bridgehead atoms. The van der Waals surface area contributed by atoms with Gasteiger partial charge in [0.15, 0.2) is 23.0 Å². The molecule has 0 spiro atoms. The molecule has 0 fully saturated rings. The van der Waals surface area contributed by atoms with E-state index in [1.165, 1.54) is 12.1 Å². The zero-order valence-electron chi connectivity index (χ0n) is 14.0. The van der Waals surface area contributed by atoms with Crippen molar-refractivity contribution >= 4 is 17.6 Å². The molecule has 6 nitrogen and oxygen atoms in total. The second-order valence-corrected chi connectivity index (χ2v) is 5.28. The van der Waals surface area contributed by atoms with Crippen LogP contribution in [0, 0.1) is 0 Å². The zero-order chi connectivity index (χ0) is 18.2. The second kappa shape index (κ2) is 9.03. The van der Waals surface area contributed by atoms with E-state index in [4.69, 9.17) is 35.7 Å². The summed E-state index contributed by atoms with van der Waals surface area (Å²) in [6.45, 7) is 2.59. The summed E-state index contributed by atoms with van der Waals surface area (Å²) < 4.78 is 21.9. The van der Waals surface area contributed by atoms with Gasteiger partial charge in [-0.25, -0.2) is 4.79 Å². The van der Waals surface area contributed by atoms with Crippen LogP contribution < -0.4 is 18.9 Å². The summed E-state index contributed by atoms with van der Waals surface area (Å²) in [7, 11) is 1.57. The maximum atomic E-state index is 11.1. The van der Waals surface area contributed by atoms with Crippen LogP contribution in [0.3, 0.4) is 0 Å². The fourth-order valence-electron chi connectivity index (χ4n) is 2.13. The van der Waals surface area contributed by atoms with Crippen LogP contribution in [-0.4, -0.2) is 38.0 Å². The molecule has 0 aliphatic rings.